The van der Waals surface area contributed by atoms with Gasteiger partial charge in [-0.05, 0) is 13.8 Å². The van der Waals surface area contributed by atoms with Gasteiger partial charge < -0.3 is 11.5 Å². The first-order valence-electron chi connectivity index (χ1n) is 2.31. The molecule has 0 aromatic rings. The van der Waals surface area contributed by atoms with Crippen LogP contribution < -0.4 is 18.9 Å². The summed E-state index contributed by atoms with van der Waals surface area (Å²) in [6.07, 6.45) is -0.156. The van der Waals surface area contributed by atoms with Crippen LogP contribution in [-0.2, 0) is 9.69 Å². The Bertz CT molecular complexity index is 56.5. The van der Waals surface area contributed by atoms with Crippen LogP contribution in [0.15, 0.2) is 0 Å². The third kappa shape index (κ3) is 11.9. The minimum atomic E-state index is -1.84. The molecule has 0 fully saturated rings. The smallest absolute Gasteiger partial charge is 1.00 e. The van der Waals surface area contributed by atoms with Crippen LogP contribution in [0.25, 0.3) is 0 Å². The molecule has 2 N–H and O–H groups in total. The molecule has 0 rings (SSSR count). The van der Waals surface area contributed by atoms with E-state index in [4.69, 9.17) is 10.0 Å². The van der Waals surface area contributed by atoms with Gasteiger partial charge in [0.1, 0.15) is 0 Å². The van der Waals surface area contributed by atoms with Gasteiger partial charge in [-0.15, -0.1) is 0 Å². The van der Waals surface area contributed by atoms with E-state index in [-0.39, 0.29) is 26.4 Å². The Balaban J connectivity index is -0.000000245. The fourth-order valence-electron chi connectivity index (χ4n) is 0.161. The number of rotatable bonds is 3. The fraction of sp³-hybridized carbons (Fsp3) is 1.00. The first-order valence-corrected chi connectivity index (χ1v) is 2.31. The van der Waals surface area contributed by atoms with Crippen molar-refractivity contribution in [2.75, 3.05) is 0 Å². The van der Waals surface area contributed by atoms with E-state index in [0.717, 1.165) is 0 Å². The Labute approximate surface area is 67.9 Å². The Morgan fingerprint density at radius 3 is 2.00 bits per heavy atom. The predicted molar refractivity (Wildman–Crippen MR) is 28.6 cm³/mol. The molecule has 0 saturated carbocycles. The van der Waals surface area contributed by atoms with E-state index < -0.39 is 7.32 Å². The predicted octanol–water partition coefficient (Wildman–Crippen LogP) is -3.57. The van der Waals surface area contributed by atoms with Gasteiger partial charge in [0.15, 0.2) is 0 Å². The van der Waals surface area contributed by atoms with Crippen LogP contribution in [0.3, 0.4) is 0 Å². The molecule has 50 valence electrons. The second-order valence-electron chi connectivity index (χ2n) is 1.57. The first kappa shape index (κ1) is 12.2. The third-order valence-electron chi connectivity index (χ3n) is 0.334. The number of hydrogen-bond donors (Lipinski definition) is 2. The minimum Gasteiger partial charge on any atom is -1.00 e. The molecule has 0 bridgehead atoms. The van der Waals surface area contributed by atoms with Crippen molar-refractivity contribution in [1.82, 2.24) is 0 Å². The molecule has 0 aliphatic carbocycles. The molecule has 0 aromatic carbocycles. The summed E-state index contributed by atoms with van der Waals surface area (Å²) in [6, 6.07) is 0. The van der Waals surface area contributed by atoms with E-state index in [2.05, 4.69) is 9.69 Å². The summed E-state index contributed by atoms with van der Waals surface area (Å²) in [5.41, 5.74) is 0. The standard InChI is InChI=1S/C3H9BO4.Li.H/c1-3(2)7-8-4(5)6;;/h3,5-6H,1-2H3;;/q;+1;-1. The summed E-state index contributed by atoms with van der Waals surface area (Å²) in [5.74, 6) is 0. The zero-order chi connectivity index (χ0) is 6.57. The van der Waals surface area contributed by atoms with Crippen molar-refractivity contribution in [2.45, 2.75) is 20.0 Å². The van der Waals surface area contributed by atoms with E-state index >= 15 is 0 Å². The van der Waals surface area contributed by atoms with Crippen molar-refractivity contribution in [3.05, 3.63) is 0 Å². The molecule has 0 amide bonds. The summed E-state index contributed by atoms with van der Waals surface area (Å²) in [5, 5.41) is 16.0. The summed E-state index contributed by atoms with van der Waals surface area (Å²) in [4.78, 5) is 8.22. The van der Waals surface area contributed by atoms with Crippen molar-refractivity contribution < 1.29 is 40.0 Å². The van der Waals surface area contributed by atoms with E-state index in [1.165, 1.54) is 0 Å². The summed E-state index contributed by atoms with van der Waals surface area (Å²) < 4.78 is 0. The van der Waals surface area contributed by atoms with E-state index in [0.29, 0.717) is 0 Å². The maximum absolute atomic E-state index is 8.01. The van der Waals surface area contributed by atoms with Gasteiger partial charge in [-0.25, -0.2) is 9.69 Å². The molecule has 0 radical (unpaired) electrons. The molecular formula is C3H10BLiO4. The molecule has 6 heteroatoms. The van der Waals surface area contributed by atoms with Crippen LogP contribution in [0.2, 0.25) is 0 Å². The van der Waals surface area contributed by atoms with E-state index in [9.17, 15) is 0 Å². The fourth-order valence-corrected chi connectivity index (χ4v) is 0.161. The molecule has 4 nitrogen and oxygen atoms in total. The van der Waals surface area contributed by atoms with Crippen molar-refractivity contribution in [3.8, 4) is 0 Å². The third-order valence-corrected chi connectivity index (χ3v) is 0.334. The van der Waals surface area contributed by atoms with Gasteiger partial charge in [-0.3, -0.25) is 0 Å². The Morgan fingerprint density at radius 2 is 1.89 bits per heavy atom. The first-order chi connectivity index (χ1) is 3.63. The molecule has 0 atom stereocenters. The van der Waals surface area contributed by atoms with Gasteiger partial charge >= 0.3 is 26.2 Å². The van der Waals surface area contributed by atoms with Gasteiger partial charge in [0.25, 0.3) is 0 Å². The van der Waals surface area contributed by atoms with Crippen molar-refractivity contribution in [3.63, 3.8) is 0 Å². The monoisotopic (exact) mass is 128 g/mol. The van der Waals surface area contributed by atoms with Crippen molar-refractivity contribution >= 4 is 7.32 Å². The van der Waals surface area contributed by atoms with Crippen LogP contribution >= 0.6 is 0 Å². The van der Waals surface area contributed by atoms with Gasteiger partial charge in [-0.1, -0.05) is 0 Å². The summed E-state index contributed by atoms with van der Waals surface area (Å²) >= 11 is 0. The van der Waals surface area contributed by atoms with E-state index in [1.54, 1.807) is 13.8 Å². The SMILES string of the molecule is CC(C)OOB(O)O.[H-].[Li+]. The molecular weight excluding hydrogens is 118 g/mol. The average molecular weight is 128 g/mol. The molecule has 0 aliphatic rings. The minimum absolute atomic E-state index is 0. The van der Waals surface area contributed by atoms with Crippen LogP contribution in [0, 0.1) is 0 Å². The van der Waals surface area contributed by atoms with Crippen molar-refractivity contribution in [2.24, 2.45) is 0 Å². The maximum atomic E-state index is 8.01. The Kier molecular flexibility index (Phi) is 8.98. The molecule has 0 unspecified atom stereocenters. The Hall–Kier alpha value is 0.502. The summed E-state index contributed by atoms with van der Waals surface area (Å²) in [7, 11) is -1.84. The van der Waals surface area contributed by atoms with Gasteiger partial charge in [0, 0.05) is 0 Å². The van der Waals surface area contributed by atoms with Gasteiger partial charge in [0.2, 0.25) is 0 Å². The van der Waals surface area contributed by atoms with Crippen LogP contribution in [-0.4, -0.2) is 23.5 Å². The quantitative estimate of drug-likeness (QED) is 0.234. The second kappa shape index (κ2) is 6.62. The molecule has 9 heavy (non-hydrogen) atoms. The van der Waals surface area contributed by atoms with E-state index in [1.807, 2.05) is 0 Å². The average Bonchev–Trinajstić information content (AvgIpc) is 1.61. The molecule has 0 saturated heterocycles. The van der Waals surface area contributed by atoms with Gasteiger partial charge in [-0.2, -0.15) is 0 Å². The largest absolute Gasteiger partial charge is 1.00 e. The van der Waals surface area contributed by atoms with Crippen molar-refractivity contribution in [1.29, 1.82) is 0 Å². The zero-order valence-corrected chi connectivity index (χ0v) is 5.87. The number of hydrogen-bond acceptors (Lipinski definition) is 4. The van der Waals surface area contributed by atoms with Crippen LogP contribution in [0.5, 0.6) is 0 Å². The maximum Gasteiger partial charge on any atom is 1.00 e. The molecule has 0 spiro atoms. The van der Waals surface area contributed by atoms with Gasteiger partial charge in [0.05, 0.1) is 6.10 Å². The Morgan fingerprint density at radius 1 is 1.44 bits per heavy atom. The zero-order valence-electron chi connectivity index (χ0n) is 6.87. The van der Waals surface area contributed by atoms with Crippen LogP contribution in [0.4, 0.5) is 0 Å². The van der Waals surface area contributed by atoms with Crippen LogP contribution in [0.1, 0.15) is 15.3 Å². The molecule has 0 heterocycles. The second-order valence-corrected chi connectivity index (χ2v) is 1.57. The normalized spacial score (nSPS) is 9.00. The summed E-state index contributed by atoms with van der Waals surface area (Å²) in [6.45, 7) is 3.42. The topological polar surface area (TPSA) is 58.9 Å². The molecule has 0 aromatic heterocycles. The molecule has 0 aliphatic heterocycles.